The number of carbonyl (C=O) groups is 1. The molecule has 162 valence electrons. The van der Waals surface area contributed by atoms with Crippen molar-refractivity contribution >= 4 is 15.9 Å². The number of nitrogens with zero attached hydrogens (tertiary/aromatic N) is 2. The Balaban J connectivity index is 1.62. The molecule has 2 fully saturated rings. The van der Waals surface area contributed by atoms with E-state index in [-0.39, 0.29) is 23.4 Å². The van der Waals surface area contributed by atoms with Crippen LogP contribution in [-0.4, -0.2) is 68.7 Å². The van der Waals surface area contributed by atoms with Gasteiger partial charge in [-0.1, -0.05) is 18.9 Å². The van der Waals surface area contributed by atoms with Crippen molar-refractivity contribution in [3.05, 3.63) is 29.8 Å². The fourth-order valence-corrected chi connectivity index (χ4v) is 5.52. The summed E-state index contributed by atoms with van der Waals surface area (Å²) in [6.07, 6.45) is 2.62. The lowest BCUT2D eigenvalue weighted by atomic mass is 10.0. The highest BCUT2D eigenvalue weighted by Crippen LogP contribution is 2.21. The van der Waals surface area contributed by atoms with E-state index in [2.05, 4.69) is 5.32 Å². The van der Waals surface area contributed by atoms with Crippen molar-refractivity contribution in [1.82, 2.24) is 14.5 Å². The van der Waals surface area contributed by atoms with E-state index >= 15 is 0 Å². The monoisotopic (exact) mass is 429 g/mol. The molecule has 0 bridgehead atoms. The van der Waals surface area contributed by atoms with Gasteiger partial charge in [-0.25, -0.2) is 17.2 Å². The van der Waals surface area contributed by atoms with Crippen LogP contribution >= 0.6 is 0 Å². The zero-order valence-electron chi connectivity index (χ0n) is 16.5. The number of amides is 1. The molecule has 2 aliphatic rings. The number of rotatable bonds is 6. The first kappa shape index (κ1) is 22.1. The molecule has 0 aliphatic carbocycles. The lowest BCUT2D eigenvalue weighted by Crippen LogP contribution is -2.45. The summed E-state index contributed by atoms with van der Waals surface area (Å²) in [4.78, 5) is 14.5. The van der Waals surface area contributed by atoms with Gasteiger partial charge in [-0.15, -0.1) is 0 Å². The van der Waals surface area contributed by atoms with Gasteiger partial charge in [-0.3, -0.25) is 9.69 Å². The Labute approximate surface area is 171 Å². The molecule has 0 atom stereocenters. The van der Waals surface area contributed by atoms with Gasteiger partial charge < -0.3 is 5.32 Å². The van der Waals surface area contributed by atoms with E-state index in [1.54, 1.807) is 17.0 Å². The maximum Gasteiger partial charge on any atom is 0.251 e. The molecule has 1 aromatic carbocycles. The minimum atomic E-state index is -3.62. The normalized spacial score (nSPS) is 20.5. The molecule has 0 spiro atoms. The molecule has 0 radical (unpaired) electrons. The first-order valence-electron chi connectivity index (χ1n) is 10.3. The number of nitrogens with one attached hydrogen (secondary N) is 1. The number of hydrogen-bond acceptors (Lipinski definition) is 4. The summed E-state index contributed by atoms with van der Waals surface area (Å²) in [5.41, 5.74) is 0.302. The number of halogens is 2. The van der Waals surface area contributed by atoms with Crippen LogP contribution in [-0.2, 0) is 10.0 Å². The summed E-state index contributed by atoms with van der Waals surface area (Å²) < 4.78 is 52.4. The Morgan fingerprint density at radius 3 is 2.34 bits per heavy atom. The van der Waals surface area contributed by atoms with Crippen LogP contribution in [0.5, 0.6) is 0 Å². The molecule has 6 nitrogen and oxygen atoms in total. The maximum absolute atomic E-state index is 13.0. The number of sulfonamides is 1. The van der Waals surface area contributed by atoms with Gasteiger partial charge in [0, 0.05) is 37.8 Å². The number of likely N-dealkylation sites (tertiary alicyclic amines) is 1. The van der Waals surface area contributed by atoms with Gasteiger partial charge in [0.2, 0.25) is 10.0 Å². The van der Waals surface area contributed by atoms with Crippen molar-refractivity contribution < 1.29 is 22.0 Å². The second kappa shape index (κ2) is 9.95. The van der Waals surface area contributed by atoms with E-state index < -0.39 is 16.4 Å². The van der Waals surface area contributed by atoms with Crippen LogP contribution in [0.4, 0.5) is 8.78 Å². The summed E-state index contributed by atoms with van der Waals surface area (Å²) in [5, 5.41) is 2.92. The average molecular weight is 430 g/mol. The van der Waals surface area contributed by atoms with Crippen LogP contribution in [0.25, 0.3) is 0 Å². The minimum Gasteiger partial charge on any atom is -0.349 e. The zero-order chi connectivity index (χ0) is 20.9. The van der Waals surface area contributed by atoms with Crippen LogP contribution in [0.1, 0.15) is 48.9 Å². The van der Waals surface area contributed by atoms with Crippen molar-refractivity contribution in [2.45, 2.75) is 55.9 Å². The van der Waals surface area contributed by atoms with Crippen molar-refractivity contribution in [1.29, 1.82) is 0 Å². The van der Waals surface area contributed by atoms with Crippen LogP contribution in [0.3, 0.4) is 0 Å². The summed E-state index contributed by atoms with van der Waals surface area (Å²) in [7, 11) is -3.62. The zero-order valence-corrected chi connectivity index (χ0v) is 17.3. The van der Waals surface area contributed by atoms with E-state index in [1.807, 2.05) is 0 Å². The lowest BCUT2D eigenvalue weighted by Gasteiger charge is -2.32. The minimum absolute atomic E-state index is 0.0951. The fourth-order valence-electron chi connectivity index (χ4n) is 3.95. The second-order valence-electron chi connectivity index (χ2n) is 7.79. The van der Waals surface area contributed by atoms with Gasteiger partial charge in [-0.2, -0.15) is 4.31 Å². The number of benzene rings is 1. The smallest absolute Gasteiger partial charge is 0.251 e. The van der Waals surface area contributed by atoms with E-state index in [9.17, 15) is 22.0 Å². The quantitative estimate of drug-likeness (QED) is 0.755. The molecule has 3 rings (SSSR count). The molecule has 2 saturated heterocycles. The van der Waals surface area contributed by atoms with Gasteiger partial charge >= 0.3 is 0 Å². The molecule has 2 heterocycles. The summed E-state index contributed by atoms with van der Waals surface area (Å²) in [6, 6.07) is 6.05. The van der Waals surface area contributed by atoms with Gasteiger partial charge in [0.1, 0.15) is 0 Å². The van der Waals surface area contributed by atoms with Gasteiger partial charge in [0.25, 0.3) is 12.3 Å². The predicted octanol–water partition coefficient (Wildman–Crippen LogP) is 2.71. The summed E-state index contributed by atoms with van der Waals surface area (Å²) in [6.45, 7) is 1.81. The molecule has 9 heteroatoms. The van der Waals surface area contributed by atoms with Crippen molar-refractivity contribution in [2.24, 2.45) is 0 Å². The first-order chi connectivity index (χ1) is 13.9. The fraction of sp³-hybridized carbons (Fsp3) is 0.650. The van der Waals surface area contributed by atoms with E-state index in [0.717, 1.165) is 25.7 Å². The molecule has 29 heavy (non-hydrogen) atoms. The van der Waals surface area contributed by atoms with Gasteiger partial charge in [0.05, 0.1) is 11.4 Å². The second-order valence-corrected chi connectivity index (χ2v) is 9.72. The highest BCUT2D eigenvalue weighted by Gasteiger charge is 2.27. The molecule has 1 aromatic rings. The molecular formula is C20H29F2N3O3S. The average Bonchev–Trinajstić information content (AvgIpc) is 2.99. The van der Waals surface area contributed by atoms with E-state index in [4.69, 9.17) is 0 Å². The maximum atomic E-state index is 13.0. The number of piperidine rings is 1. The SMILES string of the molecule is O=C(NC1CCN(CC(F)F)CC1)c1cccc(S(=O)(=O)N2CCCCCC2)c1. The Morgan fingerprint density at radius 1 is 1.07 bits per heavy atom. The number of carbonyl (C=O) groups excluding carboxylic acids is 1. The highest BCUT2D eigenvalue weighted by molar-refractivity contribution is 7.89. The molecule has 0 unspecified atom stereocenters. The molecule has 0 aromatic heterocycles. The summed E-state index contributed by atoms with van der Waals surface area (Å²) in [5.74, 6) is -0.328. The Morgan fingerprint density at radius 2 is 1.72 bits per heavy atom. The third-order valence-electron chi connectivity index (χ3n) is 5.62. The molecule has 1 amide bonds. The Kier molecular flexibility index (Phi) is 7.59. The highest BCUT2D eigenvalue weighted by atomic mass is 32.2. The standard InChI is InChI=1S/C20H29F2N3O3S/c21-19(22)15-24-12-8-17(9-13-24)23-20(26)16-6-5-7-18(14-16)29(27,28)25-10-3-1-2-4-11-25/h5-7,14,17,19H,1-4,8-13,15H2,(H,23,26). The van der Waals surface area contributed by atoms with Crippen molar-refractivity contribution in [2.75, 3.05) is 32.7 Å². The Hall–Kier alpha value is -1.58. The first-order valence-corrected chi connectivity index (χ1v) is 11.7. The van der Waals surface area contributed by atoms with Gasteiger partial charge in [0.15, 0.2) is 0 Å². The number of hydrogen-bond donors (Lipinski definition) is 1. The third-order valence-corrected chi connectivity index (χ3v) is 7.51. The van der Waals surface area contributed by atoms with E-state index in [0.29, 0.717) is 44.6 Å². The topological polar surface area (TPSA) is 69.7 Å². The third kappa shape index (κ3) is 5.96. The Bertz CT molecular complexity index is 788. The number of alkyl halides is 2. The van der Waals surface area contributed by atoms with Crippen LogP contribution in [0.15, 0.2) is 29.2 Å². The summed E-state index contributed by atoms with van der Waals surface area (Å²) >= 11 is 0. The largest absolute Gasteiger partial charge is 0.349 e. The van der Waals surface area contributed by atoms with E-state index in [1.165, 1.54) is 16.4 Å². The molecule has 0 saturated carbocycles. The molecular weight excluding hydrogens is 400 g/mol. The van der Waals surface area contributed by atoms with Crippen LogP contribution < -0.4 is 5.32 Å². The predicted molar refractivity (Wildman–Crippen MR) is 107 cm³/mol. The van der Waals surface area contributed by atoms with Crippen LogP contribution in [0.2, 0.25) is 0 Å². The lowest BCUT2D eigenvalue weighted by molar-refractivity contribution is 0.0696. The van der Waals surface area contributed by atoms with Crippen molar-refractivity contribution in [3.8, 4) is 0 Å². The molecule has 2 aliphatic heterocycles. The molecule has 1 N–H and O–H groups in total. The van der Waals surface area contributed by atoms with Crippen molar-refractivity contribution in [3.63, 3.8) is 0 Å². The van der Waals surface area contributed by atoms with Crippen LogP contribution in [0, 0.1) is 0 Å². The van der Waals surface area contributed by atoms with Gasteiger partial charge in [-0.05, 0) is 43.9 Å².